The van der Waals surface area contributed by atoms with Crippen LogP contribution in [0.15, 0.2) is 0 Å². The summed E-state index contributed by atoms with van der Waals surface area (Å²) in [5.74, 6) is 0.253. The number of nitrogens with zero attached hydrogens (tertiary/aromatic N) is 2. The Balaban J connectivity index is 4.06. The van der Waals surface area contributed by atoms with E-state index in [1.165, 1.54) is 0 Å². The minimum Gasteiger partial charge on any atom is -0.344 e. The zero-order valence-corrected chi connectivity index (χ0v) is 11.3. The van der Waals surface area contributed by atoms with Crippen molar-refractivity contribution >= 4 is 11.8 Å². The maximum atomic E-state index is 11.6. The number of likely N-dealkylation sites (N-methyl/N-ethyl adjacent to an activating group) is 2. The Morgan fingerprint density at radius 1 is 0.812 bits per heavy atom. The Bertz CT molecular complexity index is 223. The van der Waals surface area contributed by atoms with E-state index in [0.717, 1.165) is 0 Å². The maximum Gasteiger partial charge on any atom is 0.224 e. The molecule has 0 atom stereocenters. The van der Waals surface area contributed by atoms with Crippen molar-refractivity contribution in [3.05, 3.63) is 0 Å². The van der Waals surface area contributed by atoms with Crippen LogP contribution in [0.3, 0.4) is 0 Å². The Morgan fingerprint density at radius 3 is 1.25 bits per heavy atom. The summed E-state index contributed by atoms with van der Waals surface area (Å²) in [5.41, 5.74) is 0. The van der Waals surface area contributed by atoms with Crippen molar-refractivity contribution in [3.63, 3.8) is 0 Å². The van der Waals surface area contributed by atoms with Gasteiger partial charge in [-0.3, -0.25) is 9.59 Å². The third-order valence-corrected chi connectivity index (χ3v) is 2.51. The van der Waals surface area contributed by atoms with E-state index in [9.17, 15) is 9.59 Å². The van der Waals surface area contributed by atoms with Gasteiger partial charge < -0.3 is 9.80 Å². The molecule has 0 aromatic carbocycles. The maximum absolute atomic E-state index is 11.6. The molecule has 4 nitrogen and oxygen atoms in total. The molecule has 16 heavy (non-hydrogen) atoms. The van der Waals surface area contributed by atoms with Crippen molar-refractivity contribution in [2.75, 3.05) is 27.2 Å². The third-order valence-electron chi connectivity index (χ3n) is 2.51. The van der Waals surface area contributed by atoms with Gasteiger partial charge in [0.1, 0.15) is 0 Å². The van der Waals surface area contributed by atoms with Crippen LogP contribution in [-0.4, -0.2) is 48.8 Å². The Hall–Kier alpha value is -1.06. The molecule has 94 valence electrons. The van der Waals surface area contributed by atoms with Crippen LogP contribution in [0.5, 0.6) is 0 Å². The predicted octanol–water partition coefficient (Wildman–Crippen LogP) is 1.22. The molecule has 0 heterocycles. The monoisotopic (exact) mass is 228 g/mol. The minimum absolute atomic E-state index is 0.0103. The van der Waals surface area contributed by atoms with Crippen LogP contribution < -0.4 is 0 Å². The first kappa shape index (κ1) is 14.9. The van der Waals surface area contributed by atoms with Crippen LogP contribution in [0.4, 0.5) is 0 Å². The topological polar surface area (TPSA) is 40.6 Å². The van der Waals surface area contributed by atoms with E-state index < -0.39 is 0 Å². The normalized spacial score (nSPS) is 10.8. The van der Waals surface area contributed by atoms with Crippen LogP contribution in [-0.2, 0) is 9.59 Å². The molecule has 0 fully saturated rings. The second-order valence-electron chi connectivity index (χ2n) is 4.83. The van der Waals surface area contributed by atoms with E-state index in [0.29, 0.717) is 13.1 Å². The van der Waals surface area contributed by atoms with Crippen molar-refractivity contribution < 1.29 is 9.59 Å². The van der Waals surface area contributed by atoms with Gasteiger partial charge in [0, 0.05) is 39.0 Å². The van der Waals surface area contributed by atoms with Crippen LogP contribution in [0.1, 0.15) is 27.7 Å². The average molecular weight is 228 g/mol. The molecule has 0 rings (SSSR count). The third kappa shape index (κ3) is 4.64. The van der Waals surface area contributed by atoms with E-state index in [2.05, 4.69) is 0 Å². The molecular weight excluding hydrogens is 204 g/mol. The molecule has 0 N–H and O–H groups in total. The van der Waals surface area contributed by atoms with Crippen molar-refractivity contribution in [1.29, 1.82) is 0 Å². The van der Waals surface area contributed by atoms with E-state index in [1.54, 1.807) is 23.9 Å². The fraction of sp³-hybridized carbons (Fsp3) is 0.833. The first-order chi connectivity index (χ1) is 7.27. The fourth-order valence-corrected chi connectivity index (χ4v) is 1.40. The van der Waals surface area contributed by atoms with Crippen LogP contribution >= 0.6 is 0 Å². The van der Waals surface area contributed by atoms with Crippen LogP contribution in [0.25, 0.3) is 0 Å². The van der Waals surface area contributed by atoms with Gasteiger partial charge in [-0.25, -0.2) is 0 Å². The van der Waals surface area contributed by atoms with Crippen molar-refractivity contribution in [3.8, 4) is 0 Å². The molecule has 0 aliphatic carbocycles. The summed E-state index contributed by atoms with van der Waals surface area (Å²) in [6.07, 6.45) is 0. The summed E-state index contributed by atoms with van der Waals surface area (Å²) in [6, 6.07) is 0. The smallest absolute Gasteiger partial charge is 0.224 e. The Labute approximate surface area is 98.6 Å². The lowest BCUT2D eigenvalue weighted by Crippen LogP contribution is -2.40. The van der Waals surface area contributed by atoms with E-state index in [1.807, 2.05) is 27.7 Å². The van der Waals surface area contributed by atoms with Crippen molar-refractivity contribution in [2.24, 2.45) is 11.8 Å². The van der Waals surface area contributed by atoms with E-state index >= 15 is 0 Å². The molecule has 0 aromatic rings. The standard InChI is InChI=1S/C12H24N2O2/c1-9(2)11(15)13(5)7-8-14(6)12(16)10(3)4/h9-10H,7-8H2,1-6H3. The number of carbonyl (C=O) groups is 2. The lowest BCUT2D eigenvalue weighted by atomic mass is 10.2. The molecule has 4 heteroatoms. The second kappa shape index (κ2) is 6.51. The lowest BCUT2D eigenvalue weighted by Gasteiger charge is -2.24. The van der Waals surface area contributed by atoms with Gasteiger partial charge in [0.2, 0.25) is 11.8 Å². The zero-order chi connectivity index (χ0) is 12.9. The average Bonchev–Trinajstić information content (AvgIpc) is 2.22. The van der Waals surface area contributed by atoms with Crippen LogP contribution in [0.2, 0.25) is 0 Å². The molecule has 0 spiro atoms. The summed E-state index contributed by atoms with van der Waals surface area (Å²) in [7, 11) is 3.55. The highest BCUT2D eigenvalue weighted by Gasteiger charge is 2.16. The quantitative estimate of drug-likeness (QED) is 0.710. The number of hydrogen-bond donors (Lipinski definition) is 0. The molecule has 0 unspecified atom stereocenters. The van der Waals surface area contributed by atoms with Gasteiger partial charge in [-0.15, -0.1) is 0 Å². The summed E-state index contributed by atoms with van der Waals surface area (Å²) in [6.45, 7) is 8.69. The SMILES string of the molecule is CC(C)C(=O)N(C)CCN(C)C(=O)C(C)C. The van der Waals surface area contributed by atoms with E-state index in [4.69, 9.17) is 0 Å². The van der Waals surface area contributed by atoms with Crippen molar-refractivity contribution in [2.45, 2.75) is 27.7 Å². The summed E-state index contributed by atoms with van der Waals surface area (Å²) < 4.78 is 0. The highest BCUT2D eigenvalue weighted by atomic mass is 16.2. The molecule has 0 saturated carbocycles. The minimum atomic E-state index is 0.0103. The van der Waals surface area contributed by atoms with E-state index in [-0.39, 0.29) is 23.7 Å². The predicted molar refractivity (Wildman–Crippen MR) is 65.0 cm³/mol. The van der Waals surface area contributed by atoms with Crippen LogP contribution in [0, 0.1) is 11.8 Å². The molecule has 0 aromatic heterocycles. The Kier molecular flexibility index (Phi) is 6.08. The number of rotatable bonds is 5. The number of carbonyl (C=O) groups excluding carboxylic acids is 2. The highest BCUT2D eigenvalue weighted by molar-refractivity contribution is 5.79. The first-order valence-electron chi connectivity index (χ1n) is 5.77. The summed E-state index contributed by atoms with van der Waals surface area (Å²) >= 11 is 0. The molecule has 0 aliphatic rings. The number of hydrogen-bond acceptors (Lipinski definition) is 2. The summed E-state index contributed by atoms with van der Waals surface area (Å²) in [5, 5.41) is 0. The van der Waals surface area contributed by atoms with Gasteiger partial charge in [-0.05, 0) is 0 Å². The van der Waals surface area contributed by atoms with Crippen molar-refractivity contribution in [1.82, 2.24) is 9.80 Å². The Morgan fingerprint density at radius 2 is 1.06 bits per heavy atom. The van der Waals surface area contributed by atoms with Gasteiger partial charge in [0.05, 0.1) is 0 Å². The lowest BCUT2D eigenvalue weighted by molar-refractivity contribution is -0.136. The molecule has 0 bridgehead atoms. The van der Waals surface area contributed by atoms with Gasteiger partial charge in [-0.1, -0.05) is 27.7 Å². The molecular formula is C12H24N2O2. The van der Waals surface area contributed by atoms with Gasteiger partial charge in [0.25, 0.3) is 0 Å². The van der Waals surface area contributed by atoms with Gasteiger partial charge >= 0.3 is 0 Å². The van der Waals surface area contributed by atoms with Gasteiger partial charge in [0.15, 0.2) is 0 Å². The van der Waals surface area contributed by atoms with Gasteiger partial charge in [-0.2, -0.15) is 0 Å². The fourth-order valence-electron chi connectivity index (χ4n) is 1.40. The first-order valence-corrected chi connectivity index (χ1v) is 5.77. The summed E-state index contributed by atoms with van der Waals surface area (Å²) in [4.78, 5) is 26.5. The highest BCUT2D eigenvalue weighted by Crippen LogP contribution is 2.01. The molecule has 2 amide bonds. The molecule has 0 aliphatic heterocycles. The number of amides is 2. The molecule has 0 radical (unpaired) electrons. The zero-order valence-electron chi connectivity index (χ0n) is 11.3. The second-order valence-corrected chi connectivity index (χ2v) is 4.83. The molecule has 0 saturated heterocycles. The largest absolute Gasteiger partial charge is 0.344 e.